The predicted octanol–water partition coefficient (Wildman–Crippen LogP) is 2.87. The summed E-state index contributed by atoms with van der Waals surface area (Å²) in [7, 11) is -7.34. The van der Waals surface area contributed by atoms with Crippen LogP contribution in [0.4, 0.5) is 0 Å². The fourth-order valence-corrected chi connectivity index (χ4v) is 9.14. The van der Waals surface area contributed by atoms with Crippen molar-refractivity contribution in [2.24, 2.45) is 0 Å². The number of sulfone groups is 2. The zero-order valence-electron chi connectivity index (χ0n) is 18.7. The molecule has 4 atom stereocenters. The molecule has 1 aliphatic rings. The molecule has 0 aromatic heterocycles. The highest BCUT2D eigenvalue weighted by Crippen LogP contribution is 2.41. The minimum atomic E-state index is -4.27. The summed E-state index contributed by atoms with van der Waals surface area (Å²) >= 11 is 0. The van der Waals surface area contributed by atoms with Crippen LogP contribution in [0.15, 0.2) is 94.7 Å². The van der Waals surface area contributed by atoms with Crippen LogP contribution >= 0.6 is 0 Å². The average Bonchev–Trinajstić information content (AvgIpc) is 3.27. The Hall–Kier alpha value is -3.01. The van der Waals surface area contributed by atoms with Gasteiger partial charge in [0.1, 0.15) is 16.5 Å². The van der Waals surface area contributed by atoms with Crippen LogP contribution in [0.25, 0.3) is 0 Å². The molecule has 1 saturated heterocycles. The van der Waals surface area contributed by atoms with Gasteiger partial charge in [-0.3, -0.25) is 10.1 Å². The summed E-state index contributed by atoms with van der Waals surface area (Å²) in [6, 6.07) is 20.0. The van der Waals surface area contributed by atoms with Gasteiger partial charge in [0.15, 0.2) is 19.7 Å². The fraction of sp³-hybridized carbons (Fsp3) is 0.240. The molecule has 0 saturated carbocycles. The lowest BCUT2D eigenvalue weighted by molar-refractivity contribution is -0.142. The Balaban J connectivity index is 1.97. The smallest absolute Gasteiger partial charge is 0.324 e. The highest BCUT2D eigenvalue weighted by molar-refractivity contribution is 7.96. The number of carbonyl (C=O) groups is 1. The number of hydrogen-bond donors (Lipinski definition) is 1. The van der Waals surface area contributed by atoms with Crippen LogP contribution in [0.1, 0.15) is 17.2 Å². The van der Waals surface area contributed by atoms with E-state index in [1.807, 2.05) is 19.1 Å². The Morgan fingerprint density at radius 1 is 0.735 bits per heavy atom. The Labute approximate surface area is 199 Å². The first-order chi connectivity index (χ1) is 16.2. The van der Waals surface area contributed by atoms with Gasteiger partial charge in [-0.05, 0) is 36.8 Å². The standard InChI is InChI=1S/C25H25NO6S2/c1-17-13-15-18(16-14-17)21-23(33(28,29)19-9-5-3-6-10-19)24(22(26-21)25(27)32-2)34(30,31)20-11-7-4-8-12-20/h3-16,21-24,26H,1-2H3/t21-,22-,23+,24+/m1/s1. The maximum absolute atomic E-state index is 14.0. The quantitative estimate of drug-likeness (QED) is 0.520. The monoisotopic (exact) mass is 499 g/mol. The van der Waals surface area contributed by atoms with Gasteiger partial charge in [0, 0.05) is 0 Å². The SMILES string of the molecule is COC(=O)[C@@H]1N[C@H](c2ccc(C)cc2)[C@H](S(=O)(=O)c2ccccc2)[C@H]1S(=O)(=O)c1ccccc1. The van der Waals surface area contributed by atoms with Crippen molar-refractivity contribution >= 4 is 25.6 Å². The summed E-state index contributed by atoms with van der Waals surface area (Å²) in [5, 5.41) is -0.0954. The summed E-state index contributed by atoms with van der Waals surface area (Å²) in [5.41, 5.74) is 1.52. The van der Waals surface area contributed by atoms with E-state index in [2.05, 4.69) is 5.32 Å². The molecule has 0 radical (unpaired) electrons. The molecule has 0 bridgehead atoms. The van der Waals surface area contributed by atoms with Crippen LogP contribution in [-0.4, -0.2) is 46.5 Å². The maximum Gasteiger partial charge on any atom is 0.324 e. The van der Waals surface area contributed by atoms with E-state index in [1.165, 1.54) is 24.3 Å². The van der Waals surface area contributed by atoms with E-state index in [0.717, 1.165) is 12.7 Å². The van der Waals surface area contributed by atoms with Gasteiger partial charge in [-0.2, -0.15) is 0 Å². The van der Waals surface area contributed by atoms with Gasteiger partial charge in [-0.1, -0.05) is 66.2 Å². The normalized spacial score (nSPS) is 22.9. The number of carbonyl (C=O) groups excluding carboxylic acids is 1. The Bertz CT molecular complexity index is 1370. The molecule has 1 aliphatic heterocycles. The molecule has 1 heterocycles. The lowest BCUT2D eigenvalue weighted by atomic mass is 10.0. The number of methoxy groups -OCH3 is 1. The highest BCUT2D eigenvalue weighted by Gasteiger charge is 2.59. The Morgan fingerprint density at radius 2 is 1.21 bits per heavy atom. The molecule has 0 unspecified atom stereocenters. The minimum Gasteiger partial charge on any atom is -0.468 e. The highest BCUT2D eigenvalue weighted by atomic mass is 32.2. The molecule has 9 heteroatoms. The van der Waals surface area contributed by atoms with Gasteiger partial charge in [0.05, 0.1) is 22.9 Å². The van der Waals surface area contributed by atoms with Gasteiger partial charge in [-0.15, -0.1) is 0 Å². The number of benzene rings is 3. The van der Waals surface area contributed by atoms with Gasteiger partial charge in [0.2, 0.25) is 0 Å². The summed E-state index contributed by atoms with van der Waals surface area (Å²) < 4.78 is 60.6. The van der Waals surface area contributed by atoms with Crippen molar-refractivity contribution in [1.29, 1.82) is 0 Å². The third-order valence-electron chi connectivity index (χ3n) is 6.09. The predicted molar refractivity (Wildman–Crippen MR) is 128 cm³/mol. The number of rotatable bonds is 6. The van der Waals surface area contributed by atoms with Crippen molar-refractivity contribution in [2.75, 3.05) is 7.11 Å². The van der Waals surface area contributed by atoms with E-state index < -0.39 is 48.2 Å². The second-order valence-corrected chi connectivity index (χ2v) is 12.4. The van der Waals surface area contributed by atoms with Crippen LogP contribution in [-0.2, 0) is 29.2 Å². The molecule has 178 valence electrons. The topological polar surface area (TPSA) is 107 Å². The third-order valence-corrected chi connectivity index (χ3v) is 10.7. The number of esters is 1. The van der Waals surface area contributed by atoms with E-state index in [4.69, 9.17) is 4.74 Å². The average molecular weight is 500 g/mol. The van der Waals surface area contributed by atoms with Crippen LogP contribution in [0, 0.1) is 6.92 Å². The van der Waals surface area contributed by atoms with Gasteiger partial charge in [-0.25, -0.2) is 16.8 Å². The van der Waals surface area contributed by atoms with E-state index in [1.54, 1.807) is 48.5 Å². The maximum atomic E-state index is 14.0. The molecule has 1 N–H and O–H groups in total. The minimum absolute atomic E-state index is 0.0160. The molecule has 34 heavy (non-hydrogen) atoms. The lowest BCUT2D eigenvalue weighted by Gasteiger charge is -2.25. The van der Waals surface area contributed by atoms with E-state index in [0.29, 0.717) is 5.56 Å². The summed E-state index contributed by atoms with van der Waals surface area (Å²) in [6.07, 6.45) is 0. The largest absolute Gasteiger partial charge is 0.468 e. The summed E-state index contributed by atoms with van der Waals surface area (Å²) in [5.74, 6) is -0.840. The zero-order valence-corrected chi connectivity index (χ0v) is 20.3. The van der Waals surface area contributed by atoms with Crippen LogP contribution in [0.3, 0.4) is 0 Å². The van der Waals surface area contributed by atoms with Gasteiger partial charge < -0.3 is 4.74 Å². The number of aryl methyl sites for hydroxylation is 1. The number of hydrogen-bond acceptors (Lipinski definition) is 7. The van der Waals surface area contributed by atoms with Crippen LogP contribution in [0.5, 0.6) is 0 Å². The first-order valence-electron chi connectivity index (χ1n) is 10.7. The zero-order chi connectivity index (χ0) is 24.5. The van der Waals surface area contributed by atoms with Crippen molar-refractivity contribution in [3.8, 4) is 0 Å². The van der Waals surface area contributed by atoms with Crippen molar-refractivity contribution in [3.05, 3.63) is 96.1 Å². The van der Waals surface area contributed by atoms with E-state index in [9.17, 15) is 21.6 Å². The second kappa shape index (κ2) is 9.32. The third kappa shape index (κ3) is 4.26. The molecular weight excluding hydrogens is 474 g/mol. The van der Waals surface area contributed by atoms with E-state index in [-0.39, 0.29) is 9.79 Å². The summed E-state index contributed by atoms with van der Waals surface area (Å²) in [4.78, 5) is 12.7. The fourth-order valence-electron chi connectivity index (χ4n) is 4.40. The Kier molecular flexibility index (Phi) is 6.62. The molecule has 0 amide bonds. The van der Waals surface area contributed by atoms with Crippen LogP contribution in [0.2, 0.25) is 0 Å². The molecule has 1 fully saturated rings. The van der Waals surface area contributed by atoms with E-state index >= 15 is 0 Å². The van der Waals surface area contributed by atoms with Crippen molar-refractivity contribution < 1.29 is 26.4 Å². The summed E-state index contributed by atoms with van der Waals surface area (Å²) in [6.45, 7) is 1.89. The number of nitrogens with one attached hydrogen (secondary N) is 1. The Morgan fingerprint density at radius 3 is 1.68 bits per heavy atom. The van der Waals surface area contributed by atoms with Gasteiger partial charge >= 0.3 is 5.97 Å². The van der Waals surface area contributed by atoms with Crippen molar-refractivity contribution in [1.82, 2.24) is 5.32 Å². The molecule has 3 aromatic carbocycles. The second-order valence-electron chi connectivity index (χ2n) is 8.20. The van der Waals surface area contributed by atoms with Gasteiger partial charge in [0.25, 0.3) is 0 Å². The molecule has 4 rings (SSSR count). The van der Waals surface area contributed by atoms with Crippen molar-refractivity contribution in [2.45, 2.75) is 39.3 Å². The van der Waals surface area contributed by atoms with Crippen LogP contribution < -0.4 is 5.32 Å². The number of ether oxygens (including phenoxy) is 1. The lowest BCUT2D eigenvalue weighted by Crippen LogP contribution is -2.47. The molecular formula is C25H25NO6S2. The molecule has 0 aliphatic carbocycles. The first kappa shape index (κ1) is 24.1. The first-order valence-corrected chi connectivity index (χ1v) is 13.8. The molecule has 0 spiro atoms. The molecule has 3 aromatic rings. The van der Waals surface area contributed by atoms with Crippen molar-refractivity contribution in [3.63, 3.8) is 0 Å². The molecule has 7 nitrogen and oxygen atoms in total.